The van der Waals surface area contributed by atoms with Crippen molar-refractivity contribution in [1.82, 2.24) is 5.32 Å². The lowest BCUT2D eigenvalue weighted by Crippen LogP contribution is -2.32. The van der Waals surface area contributed by atoms with Crippen molar-refractivity contribution in [1.29, 1.82) is 0 Å². The third-order valence-electron chi connectivity index (χ3n) is 5.04. The smallest absolute Gasteiger partial charge is 0.231 e. The van der Waals surface area contributed by atoms with Crippen molar-refractivity contribution < 1.29 is 28.5 Å². The number of rotatable bonds is 6. The average Bonchev–Trinajstić information content (AvgIpc) is 3.37. The molecule has 152 valence electrons. The molecular formula is C21H22N2O6. The van der Waals surface area contributed by atoms with Gasteiger partial charge in [0.25, 0.3) is 0 Å². The number of fused-ring (bicyclic) bond motifs is 1. The molecule has 4 rings (SSSR count). The van der Waals surface area contributed by atoms with E-state index in [1.54, 1.807) is 43.4 Å². The standard InChI is InChI=1S/C21H22N2O6/c1-26-16-5-13(6-17(9-16)27-2)10-22-21(25)14-7-20(24)23(11-14)15-3-4-18-19(8-15)29-12-28-18/h3-6,8-9,14H,7,10-12H2,1-2H3,(H,22,25). The Kier molecular flexibility index (Phi) is 5.16. The highest BCUT2D eigenvalue weighted by atomic mass is 16.7. The first-order valence-electron chi connectivity index (χ1n) is 9.27. The van der Waals surface area contributed by atoms with Crippen molar-refractivity contribution in [3.8, 4) is 23.0 Å². The highest BCUT2D eigenvalue weighted by Gasteiger charge is 2.35. The molecule has 2 aliphatic heterocycles. The minimum Gasteiger partial charge on any atom is -0.497 e. The van der Waals surface area contributed by atoms with Gasteiger partial charge in [-0.2, -0.15) is 0 Å². The van der Waals surface area contributed by atoms with E-state index >= 15 is 0 Å². The Balaban J connectivity index is 1.39. The zero-order valence-corrected chi connectivity index (χ0v) is 16.3. The van der Waals surface area contributed by atoms with Gasteiger partial charge in [-0.05, 0) is 29.8 Å². The number of hydrogen-bond acceptors (Lipinski definition) is 6. The number of methoxy groups -OCH3 is 2. The van der Waals surface area contributed by atoms with E-state index in [1.807, 2.05) is 12.1 Å². The molecular weight excluding hydrogens is 376 g/mol. The van der Waals surface area contributed by atoms with Crippen LogP contribution in [0.4, 0.5) is 5.69 Å². The van der Waals surface area contributed by atoms with Crippen LogP contribution in [0.25, 0.3) is 0 Å². The number of carbonyl (C=O) groups is 2. The molecule has 29 heavy (non-hydrogen) atoms. The first-order chi connectivity index (χ1) is 14.1. The summed E-state index contributed by atoms with van der Waals surface area (Å²) in [6.45, 7) is 0.819. The van der Waals surface area contributed by atoms with Crippen LogP contribution in [0.3, 0.4) is 0 Å². The van der Waals surface area contributed by atoms with Gasteiger partial charge in [-0.25, -0.2) is 0 Å². The Hall–Kier alpha value is -3.42. The molecule has 2 aliphatic rings. The maximum atomic E-state index is 12.6. The van der Waals surface area contributed by atoms with Crippen LogP contribution in [0.2, 0.25) is 0 Å². The van der Waals surface area contributed by atoms with Crippen LogP contribution in [-0.4, -0.2) is 39.4 Å². The maximum absolute atomic E-state index is 12.6. The molecule has 2 amide bonds. The zero-order valence-electron chi connectivity index (χ0n) is 16.3. The third-order valence-corrected chi connectivity index (χ3v) is 5.04. The second kappa shape index (κ2) is 7.90. The lowest BCUT2D eigenvalue weighted by atomic mass is 10.1. The number of nitrogens with one attached hydrogen (secondary N) is 1. The van der Waals surface area contributed by atoms with Crippen molar-refractivity contribution in [2.75, 3.05) is 32.5 Å². The van der Waals surface area contributed by atoms with E-state index in [1.165, 1.54) is 0 Å². The van der Waals surface area contributed by atoms with Gasteiger partial charge in [0.15, 0.2) is 11.5 Å². The first-order valence-corrected chi connectivity index (χ1v) is 9.27. The van der Waals surface area contributed by atoms with Crippen LogP contribution in [0.5, 0.6) is 23.0 Å². The average molecular weight is 398 g/mol. The summed E-state index contributed by atoms with van der Waals surface area (Å²) in [6.07, 6.45) is 0.168. The Bertz CT molecular complexity index is 923. The van der Waals surface area contributed by atoms with E-state index in [4.69, 9.17) is 18.9 Å². The molecule has 2 heterocycles. The summed E-state index contributed by atoms with van der Waals surface area (Å²) in [6, 6.07) is 10.8. The second-order valence-electron chi connectivity index (χ2n) is 6.88. The lowest BCUT2D eigenvalue weighted by molar-refractivity contribution is -0.126. The minimum atomic E-state index is -0.416. The lowest BCUT2D eigenvalue weighted by Gasteiger charge is -2.17. The van der Waals surface area contributed by atoms with Gasteiger partial charge in [-0.1, -0.05) is 0 Å². The van der Waals surface area contributed by atoms with Gasteiger partial charge in [-0.15, -0.1) is 0 Å². The number of hydrogen-bond donors (Lipinski definition) is 1. The van der Waals surface area contributed by atoms with Crippen molar-refractivity contribution in [3.05, 3.63) is 42.0 Å². The molecule has 0 bridgehead atoms. The highest BCUT2D eigenvalue weighted by Crippen LogP contribution is 2.37. The van der Waals surface area contributed by atoms with Crippen molar-refractivity contribution in [2.45, 2.75) is 13.0 Å². The fourth-order valence-corrected chi connectivity index (χ4v) is 3.49. The van der Waals surface area contributed by atoms with E-state index in [-0.39, 0.29) is 25.0 Å². The number of anilines is 1. The molecule has 1 N–H and O–H groups in total. The van der Waals surface area contributed by atoms with Gasteiger partial charge in [0, 0.05) is 37.3 Å². The number of nitrogens with zero attached hydrogens (tertiary/aromatic N) is 1. The maximum Gasteiger partial charge on any atom is 0.231 e. The van der Waals surface area contributed by atoms with Gasteiger partial charge in [0.1, 0.15) is 11.5 Å². The third kappa shape index (κ3) is 3.91. The summed E-state index contributed by atoms with van der Waals surface area (Å²) < 4.78 is 21.2. The molecule has 0 saturated carbocycles. The summed E-state index contributed by atoms with van der Waals surface area (Å²) in [7, 11) is 3.15. The summed E-state index contributed by atoms with van der Waals surface area (Å²) in [5.74, 6) is 1.90. The summed E-state index contributed by atoms with van der Waals surface area (Å²) in [5.41, 5.74) is 1.55. The van der Waals surface area contributed by atoms with Crippen molar-refractivity contribution >= 4 is 17.5 Å². The molecule has 0 aromatic heterocycles. The molecule has 0 spiro atoms. The van der Waals surface area contributed by atoms with Crippen LogP contribution < -0.4 is 29.2 Å². The molecule has 8 heteroatoms. The van der Waals surface area contributed by atoms with Crippen LogP contribution >= 0.6 is 0 Å². The number of carbonyl (C=O) groups excluding carboxylic acids is 2. The minimum absolute atomic E-state index is 0.0907. The second-order valence-corrected chi connectivity index (χ2v) is 6.88. The fourth-order valence-electron chi connectivity index (χ4n) is 3.49. The van der Waals surface area contributed by atoms with Crippen LogP contribution in [0.15, 0.2) is 36.4 Å². The van der Waals surface area contributed by atoms with Crippen LogP contribution in [0.1, 0.15) is 12.0 Å². The molecule has 2 aromatic carbocycles. The Labute approximate surface area is 168 Å². The van der Waals surface area contributed by atoms with E-state index in [9.17, 15) is 9.59 Å². The molecule has 0 aliphatic carbocycles. The Morgan fingerprint density at radius 3 is 2.55 bits per heavy atom. The van der Waals surface area contributed by atoms with Gasteiger partial charge in [0.05, 0.1) is 20.1 Å². The molecule has 8 nitrogen and oxygen atoms in total. The monoisotopic (exact) mass is 398 g/mol. The first kappa shape index (κ1) is 18.9. The molecule has 1 atom stereocenters. The van der Waals surface area contributed by atoms with E-state index in [0.29, 0.717) is 41.8 Å². The summed E-state index contributed by atoms with van der Waals surface area (Å²) in [4.78, 5) is 26.7. The Morgan fingerprint density at radius 1 is 1.10 bits per heavy atom. The number of amides is 2. The predicted octanol–water partition coefficient (Wildman–Crippen LogP) is 2.10. The summed E-state index contributed by atoms with van der Waals surface area (Å²) in [5, 5.41) is 2.90. The quantitative estimate of drug-likeness (QED) is 0.802. The van der Waals surface area contributed by atoms with Gasteiger partial charge in [-0.3, -0.25) is 9.59 Å². The van der Waals surface area contributed by atoms with E-state index < -0.39 is 5.92 Å². The van der Waals surface area contributed by atoms with Crippen LogP contribution in [-0.2, 0) is 16.1 Å². The normalized spacial score (nSPS) is 17.4. The van der Waals surface area contributed by atoms with Gasteiger partial charge in [0.2, 0.25) is 18.6 Å². The topological polar surface area (TPSA) is 86.3 Å². The zero-order chi connectivity index (χ0) is 20.4. The Morgan fingerprint density at radius 2 is 1.83 bits per heavy atom. The van der Waals surface area contributed by atoms with E-state index in [0.717, 1.165) is 5.56 Å². The summed E-state index contributed by atoms with van der Waals surface area (Å²) >= 11 is 0. The largest absolute Gasteiger partial charge is 0.497 e. The SMILES string of the molecule is COc1cc(CNC(=O)C2CC(=O)N(c3ccc4c(c3)OCO4)C2)cc(OC)c1. The molecule has 1 fully saturated rings. The van der Waals surface area contributed by atoms with Crippen LogP contribution in [0, 0.1) is 5.92 Å². The highest BCUT2D eigenvalue weighted by molar-refractivity contribution is 6.00. The molecule has 1 unspecified atom stereocenters. The molecule has 2 aromatic rings. The number of benzene rings is 2. The van der Waals surface area contributed by atoms with Crippen molar-refractivity contribution in [2.24, 2.45) is 5.92 Å². The van der Waals surface area contributed by atoms with Gasteiger partial charge < -0.3 is 29.2 Å². The molecule has 1 saturated heterocycles. The van der Waals surface area contributed by atoms with Crippen molar-refractivity contribution in [3.63, 3.8) is 0 Å². The molecule has 0 radical (unpaired) electrons. The number of ether oxygens (including phenoxy) is 4. The van der Waals surface area contributed by atoms with Gasteiger partial charge >= 0.3 is 0 Å². The van der Waals surface area contributed by atoms with E-state index in [2.05, 4.69) is 5.32 Å². The fraction of sp³-hybridized carbons (Fsp3) is 0.333. The predicted molar refractivity (Wildman–Crippen MR) is 104 cm³/mol.